The highest BCUT2D eigenvalue weighted by Gasteiger charge is 1.88. The van der Waals surface area contributed by atoms with E-state index in [-0.39, 0.29) is 0 Å². The average molecular weight is 223 g/mol. The van der Waals surface area contributed by atoms with Crippen LogP contribution in [0.5, 0.6) is 0 Å². The van der Waals surface area contributed by atoms with Crippen molar-refractivity contribution in [1.29, 1.82) is 0 Å². The SMILES string of the molecule is CCCCCCC=Cc1ccc(Cl)cc1. The Labute approximate surface area is 98.0 Å². The first kappa shape index (κ1) is 12.3. The highest BCUT2D eigenvalue weighted by atomic mass is 35.5. The van der Waals surface area contributed by atoms with Gasteiger partial charge < -0.3 is 0 Å². The molecule has 1 aromatic rings. The van der Waals surface area contributed by atoms with Crippen molar-refractivity contribution in [2.45, 2.75) is 39.0 Å². The molecule has 0 amide bonds. The lowest BCUT2D eigenvalue weighted by molar-refractivity contribution is 0.675. The highest BCUT2D eigenvalue weighted by Crippen LogP contribution is 2.11. The molecule has 82 valence electrons. The van der Waals surface area contributed by atoms with Crippen LogP contribution in [0.15, 0.2) is 30.3 Å². The van der Waals surface area contributed by atoms with Gasteiger partial charge in [0.15, 0.2) is 0 Å². The van der Waals surface area contributed by atoms with E-state index in [2.05, 4.69) is 19.1 Å². The maximum Gasteiger partial charge on any atom is 0.0406 e. The summed E-state index contributed by atoms with van der Waals surface area (Å²) in [5.41, 5.74) is 1.23. The summed E-state index contributed by atoms with van der Waals surface area (Å²) in [5, 5.41) is 0.801. The van der Waals surface area contributed by atoms with Crippen LogP contribution in [0.4, 0.5) is 0 Å². The summed E-state index contributed by atoms with van der Waals surface area (Å²) < 4.78 is 0. The molecule has 0 spiro atoms. The first-order valence-corrected chi connectivity index (χ1v) is 6.13. The summed E-state index contributed by atoms with van der Waals surface area (Å²) in [5.74, 6) is 0. The molecule has 0 heterocycles. The molecule has 15 heavy (non-hydrogen) atoms. The molecule has 1 heteroatoms. The van der Waals surface area contributed by atoms with Crippen molar-refractivity contribution in [3.05, 3.63) is 40.9 Å². The molecular formula is C14H19Cl. The molecule has 0 fully saturated rings. The quantitative estimate of drug-likeness (QED) is 0.572. The molecule has 0 saturated carbocycles. The van der Waals surface area contributed by atoms with Crippen LogP contribution in [-0.4, -0.2) is 0 Å². The minimum atomic E-state index is 0.801. The molecule has 0 N–H and O–H groups in total. The van der Waals surface area contributed by atoms with Crippen molar-refractivity contribution >= 4 is 17.7 Å². The molecule has 0 aliphatic rings. The molecule has 0 atom stereocenters. The number of hydrogen-bond donors (Lipinski definition) is 0. The number of rotatable bonds is 6. The highest BCUT2D eigenvalue weighted by molar-refractivity contribution is 6.30. The normalized spacial score (nSPS) is 11.1. The third kappa shape index (κ3) is 5.64. The van der Waals surface area contributed by atoms with Crippen LogP contribution >= 0.6 is 11.6 Å². The maximum atomic E-state index is 5.81. The molecule has 0 saturated heterocycles. The Morgan fingerprint density at radius 2 is 1.80 bits per heavy atom. The van der Waals surface area contributed by atoms with Gasteiger partial charge in [-0.2, -0.15) is 0 Å². The molecule has 0 aliphatic carbocycles. The lowest BCUT2D eigenvalue weighted by atomic mass is 10.1. The number of unbranched alkanes of at least 4 members (excludes halogenated alkanes) is 4. The maximum absolute atomic E-state index is 5.81. The molecule has 0 bridgehead atoms. The molecule has 0 nitrogen and oxygen atoms in total. The van der Waals surface area contributed by atoms with E-state index in [9.17, 15) is 0 Å². The van der Waals surface area contributed by atoms with Crippen LogP contribution in [-0.2, 0) is 0 Å². The predicted octanol–water partition coefficient (Wildman–Crippen LogP) is 5.32. The third-order valence-electron chi connectivity index (χ3n) is 2.40. The minimum Gasteiger partial charge on any atom is -0.0843 e. The van der Waals surface area contributed by atoms with Gasteiger partial charge in [0.25, 0.3) is 0 Å². The fourth-order valence-corrected chi connectivity index (χ4v) is 1.61. The van der Waals surface area contributed by atoms with Gasteiger partial charge in [-0.1, -0.05) is 62.1 Å². The molecule has 0 aliphatic heterocycles. The van der Waals surface area contributed by atoms with Crippen LogP contribution in [0.1, 0.15) is 44.6 Å². The zero-order valence-corrected chi connectivity index (χ0v) is 10.1. The van der Waals surface area contributed by atoms with E-state index in [4.69, 9.17) is 11.6 Å². The van der Waals surface area contributed by atoms with Gasteiger partial charge in [-0.3, -0.25) is 0 Å². The fourth-order valence-electron chi connectivity index (χ4n) is 1.48. The zero-order valence-electron chi connectivity index (χ0n) is 9.38. The lowest BCUT2D eigenvalue weighted by Gasteiger charge is -1.95. The van der Waals surface area contributed by atoms with Crippen molar-refractivity contribution in [2.75, 3.05) is 0 Å². The topological polar surface area (TPSA) is 0 Å². The lowest BCUT2D eigenvalue weighted by Crippen LogP contribution is -1.74. The minimum absolute atomic E-state index is 0.801. The third-order valence-corrected chi connectivity index (χ3v) is 2.66. The van der Waals surface area contributed by atoms with E-state index >= 15 is 0 Å². The monoisotopic (exact) mass is 222 g/mol. The van der Waals surface area contributed by atoms with E-state index in [1.54, 1.807) is 0 Å². The van der Waals surface area contributed by atoms with Crippen molar-refractivity contribution in [3.8, 4) is 0 Å². The second-order valence-electron chi connectivity index (χ2n) is 3.80. The van der Waals surface area contributed by atoms with Gasteiger partial charge in [0.05, 0.1) is 0 Å². The summed E-state index contributed by atoms with van der Waals surface area (Å²) in [6.07, 6.45) is 10.9. The van der Waals surface area contributed by atoms with Crippen molar-refractivity contribution in [3.63, 3.8) is 0 Å². The Morgan fingerprint density at radius 3 is 2.47 bits per heavy atom. The van der Waals surface area contributed by atoms with Gasteiger partial charge in [0.1, 0.15) is 0 Å². The standard InChI is InChI=1S/C14H19Cl/c1-2-3-4-5-6-7-8-13-9-11-14(15)12-10-13/h7-12H,2-6H2,1H3. The Morgan fingerprint density at radius 1 is 1.07 bits per heavy atom. The zero-order chi connectivity index (χ0) is 10.9. The van der Waals surface area contributed by atoms with Gasteiger partial charge in [-0.25, -0.2) is 0 Å². The summed E-state index contributed by atoms with van der Waals surface area (Å²) in [6.45, 7) is 2.24. The van der Waals surface area contributed by atoms with Crippen molar-refractivity contribution in [1.82, 2.24) is 0 Å². The van der Waals surface area contributed by atoms with Crippen LogP contribution in [0.25, 0.3) is 6.08 Å². The van der Waals surface area contributed by atoms with Crippen LogP contribution in [0.2, 0.25) is 5.02 Å². The average Bonchev–Trinajstić information content (AvgIpc) is 2.26. The Balaban J connectivity index is 2.23. The van der Waals surface area contributed by atoms with E-state index in [1.807, 2.05) is 24.3 Å². The second-order valence-corrected chi connectivity index (χ2v) is 4.24. The fraction of sp³-hybridized carbons (Fsp3) is 0.429. The van der Waals surface area contributed by atoms with E-state index < -0.39 is 0 Å². The number of hydrogen-bond acceptors (Lipinski definition) is 0. The molecule has 0 aromatic heterocycles. The molecule has 0 radical (unpaired) electrons. The van der Waals surface area contributed by atoms with Crippen molar-refractivity contribution < 1.29 is 0 Å². The van der Waals surface area contributed by atoms with Crippen LogP contribution in [0, 0.1) is 0 Å². The van der Waals surface area contributed by atoms with Gasteiger partial charge in [0.2, 0.25) is 0 Å². The Kier molecular flexibility index (Phi) is 6.18. The molecule has 1 rings (SSSR count). The van der Waals surface area contributed by atoms with E-state index in [0.29, 0.717) is 0 Å². The first-order valence-electron chi connectivity index (χ1n) is 5.75. The van der Waals surface area contributed by atoms with E-state index in [0.717, 1.165) is 5.02 Å². The number of allylic oxidation sites excluding steroid dienone is 1. The smallest absolute Gasteiger partial charge is 0.0406 e. The summed E-state index contributed by atoms with van der Waals surface area (Å²) in [7, 11) is 0. The Hall–Kier alpha value is -0.750. The molecule has 1 aromatic carbocycles. The van der Waals surface area contributed by atoms with Gasteiger partial charge >= 0.3 is 0 Å². The van der Waals surface area contributed by atoms with Gasteiger partial charge in [0, 0.05) is 5.02 Å². The summed E-state index contributed by atoms with van der Waals surface area (Å²) in [4.78, 5) is 0. The largest absolute Gasteiger partial charge is 0.0843 e. The van der Waals surface area contributed by atoms with Gasteiger partial charge in [-0.05, 0) is 30.5 Å². The number of halogens is 1. The molecular weight excluding hydrogens is 204 g/mol. The second kappa shape index (κ2) is 7.53. The number of benzene rings is 1. The van der Waals surface area contributed by atoms with Crippen LogP contribution < -0.4 is 0 Å². The molecule has 0 unspecified atom stereocenters. The van der Waals surface area contributed by atoms with Crippen LogP contribution in [0.3, 0.4) is 0 Å². The van der Waals surface area contributed by atoms with Gasteiger partial charge in [-0.15, -0.1) is 0 Å². The first-order chi connectivity index (χ1) is 7.33. The van der Waals surface area contributed by atoms with E-state index in [1.165, 1.54) is 37.7 Å². The predicted molar refractivity (Wildman–Crippen MR) is 69.2 cm³/mol. The Bertz CT molecular complexity index is 285. The summed E-state index contributed by atoms with van der Waals surface area (Å²) in [6, 6.07) is 7.95. The summed E-state index contributed by atoms with van der Waals surface area (Å²) >= 11 is 5.81. The van der Waals surface area contributed by atoms with Crippen molar-refractivity contribution in [2.24, 2.45) is 0 Å².